The van der Waals surface area contributed by atoms with Crippen molar-refractivity contribution in [1.29, 1.82) is 0 Å². The number of hydrogen-bond donors (Lipinski definition) is 2. The van der Waals surface area contributed by atoms with E-state index in [-0.39, 0.29) is 12.5 Å². The number of methoxy groups -OCH3 is 1. The highest BCUT2D eigenvalue weighted by Gasteiger charge is 2.18. The summed E-state index contributed by atoms with van der Waals surface area (Å²) >= 11 is 15.6. The zero-order valence-electron chi connectivity index (χ0n) is 18.4. The number of hydrazone groups is 1. The number of aromatic nitrogens is 2. The maximum absolute atomic E-state index is 12.7. The number of nitrogens with two attached hydrogens (primary N) is 1. The fourth-order valence-electron chi connectivity index (χ4n) is 3.27. The number of nitrogen functional groups attached to an aromatic ring is 1. The largest absolute Gasteiger partial charge is 0.493 e. The molecule has 0 atom stereocenters. The van der Waals surface area contributed by atoms with E-state index < -0.39 is 0 Å². The van der Waals surface area contributed by atoms with Crippen LogP contribution in [0.25, 0.3) is 10.2 Å². The highest BCUT2D eigenvalue weighted by molar-refractivity contribution is 14.1. The van der Waals surface area contributed by atoms with Gasteiger partial charge >= 0.3 is 0 Å². The van der Waals surface area contributed by atoms with E-state index in [2.05, 4.69) is 43.1 Å². The third-order valence-corrected chi connectivity index (χ3v) is 7.57. The number of hydrogen-bond acceptors (Lipinski definition) is 8. The van der Waals surface area contributed by atoms with Gasteiger partial charge in [-0.25, -0.2) is 15.4 Å². The van der Waals surface area contributed by atoms with Crippen LogP contribution in [0.4, 0.5) is 5.82 Å². The van der Waals surface area contributed by atoms with E-state index >= 15 is 0 Å². The number of rotatable bonds is 7. The number of thiophene rings is 1. The van der Waals surface area contributed by atoms with E-state index in [0.29, 0.717) is 53.6 Å². The third kappa shape index (κ3) is 5.61. The van der Waals surface area contributed by atoms with Gasteiger partial charge in [0.2, 0.25) is 0 Å². The zero-order valence-corrected chi connectivity index (χ0v) is 22.9. The number of anilines is 1. The maximum atomic E-state index is 12.7. The Morgan fingerprint density at radius 3 is 2.80 bits per heavy atom. The summed E-state index contributed by atoms with van der Waals surface area (Å²) in [7, 11) is 1.55. The lowest BCUT2D eigenvalue weighted by Crippen LogP contribution is -2.17. The SMILES string of the molecule is COc1cc(/C=N\NC(=O)c2sc3ncnc(N)c3c2C)cc(I)c1OCc1ccc(Cl)cc1Cl. The Morgan fingerprint density at radius 2 is 2.09 bits per heavy atom. The molecule has 3 N–H and O–H groups in total. The van der Waals surface area contributed by atoms with Crippen molar-refractivity contribution in [1.82, 2.24) is 15.4 Å². The maximum Gasteiger partial charge on any atom is 0.281 e. The molecule has 0 aliphatic heterocycles. The fourth-order valence-corrected chi connectivity index (χ4v) is 5.57. The third-order valence-electron chi connectivity index (χ3n) is 4.98. The second-order valence-electron chi connectivity index (χ2n) is 7.25. The Bertz CT molecular complexity index is 1460. The molecule has 2 heterocycles. The summed E-state index contributed by atoms with van der Waals surface area (Å²) in [5.41, 5.74) is 10.7. The van der Waals surface area contributed by atoms with Crippen LogP contribution < -0.4 is 20.6 Å². The first kappa shape index (κ1) is 25.4. The monoisotopic (exact) mass is 641 g/mol. The first-order chi connectivity index (χ1) is 16.8. The minimum absolute atomic E-state index is 0.245. The van der Waals surface area contributed by atoms with Crippen LogP contribution in [0.1, 0.15) is 26.4 Å². The molecule has 0 unspecified atom stereocenters. The van der Waals surface area contributed by atoms with Gasteiger partial charge in [-0.1, -0.05) is 29.3 Å². The van der Waals surface area contributed by atoms with Crippen molar-refractivity contribution < 1.29 is 14.3 Å². The molecule has 8 nitrogen and oxygen atoms in total. The van der Waals surface area contributed by atoms with Crippen LogP contribution in [-0.4, -0.2) is 29.2 Å². The standard InChI is InChI=1S/C23H18Cl2IN5O3S/c1-11-18-21(27)28-10-29-23(18)35-20(11)22(32)31-30-8-12-5-16(26)19(17(6-12)33-2)34-9-13-3-4-14(24)7-15(13)25/h3-8,10H,9H2,1-2H3,(H,31,32)(H2,27,28,29)/b30-8-. The summed E-state index contributed by atoms with van der Waals surface area (Å²) in [6, 6.07) is 8.86. The number of benzene rings is 2. The number of ether oxygens (including phenoxy) is 2. The number of amides is 1. The molecule has 0 bridgehead atoms. The number of nitrogens with one attached hydrogen (secondary N) is 1. The lowest BCUT2D eigenvalue weighted by molar-refractivity contribution is 0.0958. The average molecular weight is 642 g/mol. The lowest BCUT2D eigenvalue weighted by atomic mass is 10.2. The number of halogens is 3. The van der Waals surface area contributed by atoms with Crippen LogP contribution in [0.5, 0.6) is 11.5 Å². The van der Waals surface area contributed by atoms with Gasteiger partial charge in [0.05, 0.1) is 27.2 Å². The van der Waals surface area contributed by atoms with E-state index in [9.17, 15) is 4.79 Å². The Hall–Kier alpha value is -2.67. The number of fused-ring (bicyclic) bond motifs is 1. The molecule has 0 aliphatic carbocycles. The molecule has 2 aromatic heterocycles. The highest BCUT2D eigenvalue weighted by atomic mass is 127. The molecule has 0 saturated carbocycles. The van der Waals surface area contributed by atoms with Gasteiger partial charge in [-0.2, -0.15) is 5.10 Å². The smallest absolute Gasteiger partial charge is 0.281 e. The summed E-state index contributed by atoms with van der Waals surface area (Å²) in [5.74, 6) is 1.07. The number of carbonyl (C=O) groups is 1. The number of aryl methyl sites for hydroxylation is 1. The summed E-state index contributed by atoms with van der Waals surface area (Å²) in [6.45, 7) is 2.05. The molecule has 12 heteroatoms. The van der Waals surface area contributed by atoms with E-state index in [1.54, 1.807) is 32.2 Å². The van der Waals surface area contributed by atoms with Gasteiger partial charge < -0.3 is 15.2 Å². The fraction of sp³-hybridized carbons (Fsp3) is 0.130. The van der Waals surface area contributed by atoms with Crippen LogP contribution in [0.2, 0.25) is 10.0 Å². The van der Waals surface area contributed by atoms with Gasteiger partial charge in [-0.3, -0.25) is 4.79 Å². The summed E-state index contributed by atoms with van der Waals surface area (Å²) < 4.78 is 12.3. The van der Waals surface area contributed by atoms with Crippen molar-refractivity contribution in [2.24, 2.45) is 5.10 Å². The van der Waals surface area contributed by atoms with Crippen molar-refractivity contribution >= 4 is 85.3 Å². The quantitative estimate of drug-likeness (QED) is 0.149. The summed E-state index contributed by atoms with van der Waals surface area (Å²) in [4.78, 5) is 22.0. The van der Waals surface area contributed by atoms with Gasteiger partial charge in [0.25, 0.3) is 5.91 Å². The van der Waals surface area contributed by atoms with Crippen LogP contribution in [0.15, 0.2) is 41.8 Å². The van der Waals surface area contributed by atoms with Gasteiger partial charge in [0, 0.05) is 15.6 Å². The molecule has 4 rings (SSSR count). The van der Waals surface area contributed by atoms with Crippen molar-refractivity contribution in [3.05, 3.63) is 71.8 Å². The van der Waals surface area contributed by atoms with E-state index in [1.165, 1.54) is 23.9 Å². The second kappa shape index (κ2) is 10.9. The molecular formula is C23H18Cl2IN5O3S. The minimum Gasteiger partial charge on any atom is -0.493 e. The normalized spacial score (nSPS) is 11.2. The van der Waals surface area contributed by atoms with Gasteiger partial charge in [-0.05, 0) is 64.9 Å². The number of carbonyl (C=O) groups excluding carboxylic acids is 1. The topological polar surface area (TPSA) is 112 Å². The molecule has 0 spiro atoms. The van der Waals surface area contributed by atoms with Crippen molar-refractivity contribution in [3.8, 4) is 11.5 Å². The highest BCUT2D eigenvalue weighted by Crippen LogP contribution is 2.35. The Morgan fingerprint density at radius 1 is 1.29 bits per heavy atom. The van der Waals surface area contributed by atoms with Gasteiger partial charge in [0.1, 0.15) is 23.6 Å². The molecule has 4 aromatic rings. The van der Waals surface area contributed by atoms with Crippen molar-refractivity contribution in [2.45, 2.75) is 13.5 Å². The predicted octanol–water partition coefficient (Wildman–Crippen LogP) is 5.84. The average Bonchev–Trinajstić information content (AvgIpc) is 3.16. The van der Waals surface area contributed by atoms with Crippen LogP contribution in [0, 0.1) is 10.5 Å². The van der Waals surface area contributed by atoms with Gasteiger partial charge in [0.15, 0.2) is 11.5 Å². The first-order valence-corrected chi connectivity index (χ1v) is 12.7. The van der Waals surface area contributed by atoms with E-state index in [0.717, 1.165) is 9.13 Å². The summed E-state index contributed by atoms with van der Waals surface area (Å²) in [6.07, 6.45) is 2.90. The molecule has 35 heavy (non-hydrogen) atoms. The zero-order chi connectivity index (χ0) is 25.1. The van der Waals surface area contributed by atoms with E-state index in [1.807, 2.05) is 12.1 Å². The Labute approximate surface area is 228 Å². The van der Waals surface area contributed by atoms with Crippen LogP contribution in [-0.2, 0) is 6.61 Å². The van der Waals surface area contributed by atoms with Crippen molar-refractivity contribution in [3.63, 3.8) is 0 Å². The minimum atomic E-state index is -0.359. The molecule has 0 fully saturated rings. The summed E-state index contributed by atoms with van der Waals surface area (Å²) in [5, 5.41) is 5.86. The molecule has 1 amide bonds. The molecule has 0 aliphatic rings. The molecule has 0 radical (unpaired) electrons. The predicted molar refractivity (Wildman–Crippen MR) is 148 cm³/mol. The Balaban J connectivity index is 1.48. The van der Waals surface area contributed by atoms with Crippen molar-refractivity contribution in [2.75, 3.05) is 12.8 Å². The molecule has 180 valence electrons. The van der Waals surface area contributed by atoms with Crippen LogP contribution >= 0.6 is 57.1 Å². The van der Waals surface area contributed by atoms with E-state index in [4.69, 9.17) is 38.4 Å². The molecule has 2 aromatic carbocycles. The first-order valence-electron chi connectivity index (χ1n) is 10.1. The lowest BCUT2D eigenvalue weighted by Gasteiger charge is -2.14. The Kier molecular flexibility index (Phi) is 7.95. The van der Waals surface area contributed by atoms with Crippen LogP contribution in [0.3, 0.4) is 0 Å². The van der Waals surface area contributed by atoms with Gasteiger partial charge in [-0.15, -0.1) is 11.3 Å². The number of nitrogens with zero attached hydrogens (tertiary/aromatic N) is 3. The molecule has 0 saturated heterocycles. The second-order valence-corrected chi connectivity index (χ2v) is 10.3. The molecular weight excluding hydrogens is 624 g/mol.